The number of piperidine rings is 1. The van der Waals surface area contributed by atoms with Crippen LogP contribution in [-0.2, 0) is 0 Å². The third-order valence-corrected chi connectivity index (χ3v) is 6.86. The molecule has 0 amide bonds. The lowest BCUT2D eigenvalue weighted by molar-refractivity contribution is 0.137. The van der Waals surface area contributed by atoms with Gasteiger partial charge in [-0.05, 0) is 61.8 Å². The van der Waals surface area contributed by atoms with Crippen molar-refractivity contribution in [2.45, 2.75) is 38.8 Å². The van der Waals surface area contributed by atoms with Crippen LogP contribution in [0.1, 0.15) is 41.6 Å². The predicted octanol–water partition coefficient (Wildman–Crippen LogP) is 4.70. The van der Waals surface area contributed by atoms with E-state index >= 15 is 0 Å². The fourth-order valence-corrected chi connectivity index (χ4v) is 5.23. The van der Waals surface area contributed by atoms with Gasteiger partial charge in [-0.3, -0.25) is 4.90 Å². The number of likely N-dealkylation sites (tertiary alicyclic amines) is 1. The van der Waals surface area contributed by atoms with Crippen LogP contribution >= 0.6 is 0 Å². The topological polar surface area (TPSA) is 15.3 Å². The molecule has 2 aromatic rings. The Morgan fingerprint density at radius 2 is 1.58 bits per heavy atom. The van der Waals surface area contributed by atoms with Crippen LogP contribution in [0.2, 0.25) is 0 Å². The quantitative estimate of drug-likeness (QED) is 0.868. The Morgan fingerprint density at radius 1 is 0.923 bits per heavy atom. The second kappa shape index (κ2) is 5.72. The van der Waals surface area contributed by atoms with Gasteiger partial charge >= 0.3 is 0 Å². The number of hydrogen-bond donors (Lipinski definition) is 1. The van der Waals surface area contributed by atoms with Gasteiger partial charge in [-0.25, -0.2) is 0 Å². The Kier molecular flexibility index (Phi) is 3.55. The molecule has 1 saturated carbocycles. The first-order valence-corrected chi connectivity index (χ1v) is 9.92. The Hall–Kier alpha value is -2.06. The maximum atomic E-state index is 3.92. The minimum Gasteiger partial charge on any atom is -0.376 e. The summed E-state index contributed by atoms with van der Waals surface area (Å²) in [5.74, 6) is 1.89. The van der Waals surface area contributed by atoms with E-state index in [2.05, 4.69) is 85.6 Å². The summed E-state index contributed by atoms with van der Waals surface area (Å²) < 4.78 is 0. The molecule has 3 aliphatic rings. The largest absolute Gasteiger partial charge is 0.376 e. The predicted molar refractivity (Wildman–Crippen MR) is 108 cm³/mol. The number of hydrogen-bond acceptors (Lipinski definition) is 2. The first kappa shape index (κ1) is 16.1. The van der Waals surface area contributed by atoms with Crippen molar-refractivity contribution in [3.05, 3.63) is 76.9 Å². The highest BCUT2D eigenvalue weighted by atomic mass is 15.3. The van der Waals surface area contributed by atoms with Crippen LogP contribution in [0.4, 0.5) is 0 Å². The average molecular weight is 345 g/mol. The second-order valence-corrected chi connectivity index (χ2v) is 8.70. The summed E-state index contributed by atoms with van der Waals surface area (Å²) in [6.45, 7) is 9.39. The standard InChI is InChI=1S/C24H28N2/c1-16-8-7-9-17(2)22(16)21-13-24(3,26-14-19-12-20(19)15-26)23(25-21)18-10-5-4-6-11-18/h4-11,13,19-20,23,25H,12,14-15H2,1-3H3. The Bertz CT molecular complexity index is 839. The molecule has 2 heterocycles. The van der Waals surface area contributed by atoms with Gasteiger partial charge in [0.2, 0.25) is 0 Å². The summed E-state index contributed by atoms with van der Waals surface area (Å²) in [4.78, 5) is 2.73. The van der Waals surface area contributed by atoms with Crippen LogP contribution in [-0.4, -0.2) is 23.5 Å². The van der Waals surface area contributed by atoms with Crippen LogP contribution in [0.3, 0.4) is 0 Å². The highest BCUT2D eigenvalue weighted by molar-refractivity contribution is 5.73. The average Bonchev–Trinajstić information content (AvgIpc) is 3.08. The van der Waals surface area contributed by atoms with E-state index in [1.165, 1.54) is 47.5 Å². The third kappa shape index (κ3) is 2.43. The van der Waals surface area contributed by atoms with E-state index in [9.17, 15) is 0 Å². The number of rotatable bonds is 3. The van der Waals surface area contributed by atoms with E-state index in [0.29, 0.717) is 6.04 Å². The van der Waals surface area contributed by atoms with Crippen molar-refractivity contribution >= 4 is 5.70 Å². The molecule has 0 bridgehead atoms. The van der Waals surface area contributed by atoms with Gasteiger partial charge in [-0.2, -0.15) is 0 Å². The fraction of sp³-hybridized carbons (Fsp3) is 0.417. The highest BCUT2D eigenvalue weighted by Gasteiger charge is 2.53. The van der Waals surface area contributed by atoms with Gasteiger partial charge in [-0.15, -0.1) is 0 Å². The number of fused-ring (bicyclic) bond motifs is 1. The van der Waals surface area contributed by atoms with Gasteiger partial charge in [0.05, 0.1) is 11.6 Å². The minimum atomic E-state index is 0.0266. The first-order valence-electron chi connectivity index (χ1n) is 9.92. The number of nitrogens with one attached hydrogen (secondary N) is 1. The molecule has 1 aliphatic carbocycles. The summed E-state index contributed by atoms with van der Waals surface area (Å²) in [6.07, 6.45) is 3.97. The van der Waals surface area contributed by atoms with Gasteiger partial charge in [0.1, 0.15) is 0 Å². The second-order valence-electron chi connectivity index (χ2n) is 8.70. The van der Waals surface area contributed by atoms with E-state index in [4.69, 9.17) is 0 Å². The SMILES string of the molecule is Cc1cccc(C)c1C1=CC(C)(N2CC3CC3C2)C(c2ccccc2)N1. The lowest BCUT2D eigenvalue weighted by Crippen LogP contribution is -2.49. The summed E-state index contributed by atoms with van der Waals surface area (Å²) in [7, 11) is 0. The van der Waals surface area contributed by atoms with Crippen LogP contribution in [0.5, 0.6) is 0 Å². The molecule has 1 saturated heterocycles. The van der Waals surface area contributed by atoms with Crippen molar-refractivity contribution < 1.29 is 0 Å². The molecule has 0 spiro atoms. The molecule has 4 atom stereocenters. The normalized spacial score (nSPS) is 32.9. The summed E-state index contributed by atoms with van der Waals surface area (Å²) in [5, 5.41) is 3.92. The van der Waals surface area contributed by atoms with Gasteiger partial charge in [-0.1, -0.05) is 48.5 Å². The van der Waals surface area contributed by atoms with Crippen LogP contribution < -0.4 is 5.32 Å². The zero-order chi connectivity index (χ0) is 17.9. The molecule has 134 valence electrons. The molecule has 2 fully saturated rings. The van der Waals surface area contributed by atoms with Crippen molar-refractivity contribution in [3.8, 4) is 0 Å². The van der Waals surface area contributed by atoms with Crippen molar-refractivity contribution in [1.29, 1.82) is 0 Å². The molecule has 2 nitrogen and oxygen atoms in total. The van der Waals surface area contributed by atoms with Gasteiger partial charge < -0.3 is 5.32 Å². The Labute approximate surface area is 156 Å². The number of nitrogens with zero attached hydrogens (tertiary/aromatic N) is 1. The highest BCUT2D eigenvalue weighted by Crippen LogP contribution is 2.51. The fourth-order valence-electron chi connectivity index (χ4n) is 5.23. The van der Waals surface area contributed by atoms with Crippen molar-refractivity contribution in [1.82, 2.24) is 10.2 Å². The van der Waals surface area contributed by atoms with E-state index < -0.39 is 0 Å². The van der Waals surface area contributed by atoms with Crippen LogP contribution in [0.15, 0.2) is 54.6 Å². The summed E-state index contributed by atoms with van der Waals surface area (Å²) in [5.41, 5.74) is 6.79. The summed E-state index contributed by atoms with van der Waals surface area (Å²) in [6, 6.07) is 17.9. The van der Waals surface area contributed by atoms with E-state index in [-0.39, 0.29) is 5.54 Å². The smallest absolute Gasteiger partial charge is 0.0732 e. The monoisotopic (exact) mass is 344 g/mol. The molecule has 2 heteroatoms. The molecular formula is C24H28N2. The Balaban J connectivity index is 1.59. The van der Waals surface area contributed by atoms with E-state index in [0.717, 1.165) is 11.8 Å². The molecule has 0 radical (unpaired) electrons. The molecule has 2 aromatic carbocycles. The maximum Gasteiger partial charge on any atom is 0.0732 e. The first-order chi connectivity index (χ1) is 12.6. The number of benzene rings is 2. The zero-order valence-corrected chi connectivity index (χ0v) is 16.0. The summed E-state index contributed by atoms with van der Waals surface area (Å²) >= 11 is 0. The molecule has 0 aromatic heterocycles. The van der Waals surface area contributed by atoms with Crippen LogP contribution in [0.25, 0.3) is 5.70 Å². The molecule has 26 heavy (non-hydrogen) atoms. The maximum absolute atomic E-state index is 3.92. The van der Waals surface area contributed by atoms with Gasteiger partial charge in [0.25, 0.3) is 0 Å². The molecule has 2 aliphatic heterocycles. The zero-order valence-electron chi connectivity index (χ0n) is 16.0. The van der Waals surface area contributed by atoms with Gasteiger partial charge in [0, 0.05) is 24.4 Å². The lowest BCUT2D eigenvalue weighted by Gasteiger charge is -2.40. The van der Waals surface area contributed by atoms with Crippen molar-refractivity contribution in [3.63, 3.8) is 0 Å². The molecule has 4 unspecified atom stereocenters. The number of aryl methyl sites for hydroxylation is 2. The molecule has 5 rings (SSSR count). The minimum absolute atomic E-state index is 0.0266. The van der Waals surface area contributed by atoms with Crippen molar-refractivity contribution in [2.24, 2.45) is 11.8 Å². The van der Waals surface area contributed by atoms with Crippen molar-refractivity contribution in [2.75, 3.05) is 13.1 Å². The molecular weight excluding hydrogens is 316 g/mol. The van der Waals surface area contributed by atoms with E-state index in [1.54, 1.807) is 0 Å². The van der Waals surface area contributed by atoms with Crippen LogP contribution in [0, 0.1) is 25.7 Å². The molecule has 1 N–H and O–H groups in total. The lowest BCUT2D eigenvalue weighted by atomic mass is 9.87. The Morgan fingerprint density at radius 3 is 2.23 bits per heavy atom. The van der Waals surface area contributed by atoms with E-state index in [1.807, 2.05) is 0 Å². The third-order valence-electron chi connectivity index (χ3n) is 6.86. The van der Waals surface area contributed by atoms with Gasteiger partial charge in [0.15, 0.2) is 0 Å².